The number of rotatable bonds is 24. The number of aromatic amines is 3. The molecule has 3 saturated heterocycles. The fourth-order valence-corrected chi connectivity index (χ4v) is 14.6. The van der Waals surface area contributed by atoms with E-state index in [-0.39, 0.29) is 127 Å². The predicted octanol–water partition coefficient (Wildman–Crippen LogP) is 0.852. The van der Waals surface area contributed by atoms with Crippen LogP contribution < -0.4 is 90.2 Å². The number of ether oxygens (including phenoxy) is 6. The Kier molecular flexibility index (Phi) is 36.5. The quantitative estimate of drug-likeness (QED) is 0.0549. The second-order valence-electron chi connectivity index (χ2n) is 19.5. The van der Waals surface area contributed by atoms with Crippen molar-refractivity contribution in [2.45, 2.75) is 144 Å². The van der Waals surface area contributed by atoms with E-state index in [9.17, 15) is 57.5 Å². The molecule has 0 aromatic carbocycles. The number of H-pyrrole nitrogens is 3. The second-order valence-corrected chi connectivity index (χ2v) is 26.0. The van der Waals surface area contributed by atoms with Crippen LogP contribution in [0.2, 0.25) is 0 Å². The number of hydrogen-bond acceptors (Lipinski definition) is 24. The van der Waals surface area contributed by atoms with Crippen molar-refractivity contribution in [2.24, 2.45) is 17.8 Å². The normalized spacial score (nSPS) is 24.8. The minimum atomic E-state index is -3.41. The first kappa shape index (κ1) is 80.2. The number of carbonyl (C=O) groups excluding carboxylic acids is 1. The third-order valence-electron chi connectivity index (χ3n) is 12.2. The summed E-state index contributed by atoms with van der Waals surface area (Å²) in [5, 5.41) is 19.3. The molecular formula is C51H86KN6O24P3. The Morgan fingerprint density at radius 2 is 0.871 bits per heavy atom. The van der Waals surface area contributed by atoms with Gasteiger partial charge in [-0.05, 0) is 47.6 Å². The molecule has 6 rings (SSSR count). The topological polar surface area (TPSA) is 387 Å². The molecule has 3 aromatic rings. The van der Waals surface area contributed by atoms with Crippen LogP contribution in [0.3, 0.4) is 0 Å². The van der Waals surface area contributed by atoms with Crippen LogP contribution in [0.15, 0.2) is 77.4 Å². The fourth-order valence-electron chi connectivity index (χ4n) is 8.51. The number of methoxy groups -OCH3 is 3. The number of aliphatic hydroxyl groups excluding tert-OH is 1. The Morgan fingerprint density at radius 1 is 0.565 bits per heavy atom. The molecule has 30 nitrogen and oxygen atoms in total. The van der Waals surface area contributed by atoms with Crippen molar-refractivity contribution < 1.29 is 136 Å². The molecule has 3 aliphatic heterocycles. The van der Waals surface area contributed by atoms with E-state index in [1.54, 1.807) is 68.4 Å². The summed E-state index contributed by atoms with van der Waals surface area (Å²) in [6, 6.07) is 3.70. The van der Waals surface area contributed by atoms with Crippen molar-refractivity contribution in [3.8, 4) is 0 Å². The van der Waals surface area contributed by atoms with Crippen LogP contribution in [0.1, 0.15) is 102 Å². The van der Waals surface area contributed by atoms with Gasteiger partial charge in [0, 0.05) is 81.7 Å². The third-order valence-corrected chi connectivity index (χ3v) is 19.3. The number of nitrogens with zero attached hydrogens (tertiary/aromatic N) is 3. The Morgan fingerprint density at radius 3 is 1.16 bits per heavy atom. The van der Waals surface area contributed by atoms with Crippen molar-refractivity contribution in [3.63, 3.8) is 0 Å². The minimum Gasteiger partial charge on any atom is -0.850 e. The van der Waals surface area contributed by atoms with Gasteiger partial charge in [-0.25, -0.2) is 14.4 Å². The van der Waals surface area contributed by atoms with E-state index in [0.29, 0.717) is 6.29 Å². The molecule has 3 unspecified atom stereocenters. The summed E-state index contributed by atoms with van der Waals surface area (Å²) in [6.45, 7) is 21.9. The van der Waals surface area contributed by atoms with Crippen molar-refractivity contribution >= 4 is 29.1 Å². The predicted molar refractivity (Wildman–Crippen MR) is 305 cm³/mol. The van der Waals surface area contributed by atoms with Gasteiger partial charge in [0.1, 0.15) is 30.7 Å². The molecule has 0 radical (unpaired) electrons. The third kappa shape index (κ3) is 25.2. The van der Waals surface area contributed by atoms with Gasteiger partial charge in [-0.2, -0.15) is 0 Å². The summed E-state index contributed by atoms with van der Waals surface area (Å²) in [4.78, 5) is 86.1. The number of nitrogens with one attached hydrogen (secondary N) is 3. The average molecular weight is 1300 g/mol. The van der Waals surface area contributed by atoms with Gasteiger partial charge in [0.2, 0.25) is 0 Å². The van der Waals surface area contributed by atoms with E-state index < -0.39 is 111 Å². The van der Waals surface area contributed by atoms with Gasteiger partial charge in [0.25, 0.3) is 16.7 Å². The molecule has 85 heavy (non-hydrogen) atoms. The first-order valence-corrected chi connectivity index (χ1v) is 32.1. The molecule has 3 aliphatic rings. The molecule has 0 aliphatic carbocycles. The fraction of sp³-hybridized carbons (Fsp3) is 0.706. The molecule has 480 valence electrons. The molecule has 12 atom stereocenters. The number of carbonyl (C=O) groups is 1. The largest absolute Gasteiger partial charge is 1.00 e. The molecule has 3 fully saturated rings. The molecular weight excluding hydrogens is 1210 g/mol. The van der Waals surface area contributed by atoms with Crippen molar-refractivity contribution in [1.82, 2.24) is 28.7 Å². The Bertz CT molecular complexity index is 2950. The minimum absolute atomic E-state index is 0. The number of aldehydes is 1. The first-order valence-electron chi connectivity index (χ1n) is 27.1. The SMILES string of the molecule is CC(C)(C)[O-].CCOP(=O)(/C=C/[C@H]1O[C@@H](n2ccc(=O)[nH]c2=O)C(OC)[C@H]1C)OCC.CCOP(=O)(CP(=O)(OCC)OCC)OCC.COC1[C@@H](C)[C@@H](C=O)O[C@H]1n1ccc(=O)[nH]c1=O.COC1[C@@H](C)[C@@H](CO)O[C@H]1n1ccc(=O)[nH]c1=O.[K+]. The Balaban J connectivity index is 0.000000557. The van der Waals surface area contributed by atoms with Gasteiger partial charge in [-0.15, -0.1) is 5.60 Å². The van der Waals surface area contributed by atoms with E-state index >= 15 is 0 Å². The Hall–Kier alpha value is -2.78. The molecule has 0 saturated carbocycles. The summed E-state index contributed by atoms with van der Waals surface area (Å²) in [6.07, 6.45) is 1.55. The summed E-state index contributed by atoms with van der Waals surface area (Å²) in [5.74, 6) is 0.673. The smallest absolute Gasteiger partial charge is 0.850 e. The van der Waals surface area contributed by atoms with Crippen molar-refractivity contribution in [3.05, 3.63) is 111 Å². The van der Waals surface area contributed by atoms with Crippen LogP contribution >= 0.6 is 22.8 Å². The maximum atomic E-state index is 12.6. The van der Waals surface area contributed by atoms with E-state index in [4.69, 9.17) is 55.6 Å². The van der Waals surface area contributed by atoms with E-state index in [1.165, 1.54) is 77.6 Å². The summed E-state index contributed by atoms with van der Waals surface area (Å²) < 4.78 is 104. The van der Waals surface area contributed by atoms with Crippen LogP contribution in [0.25, 0.3) is 0 Å². The van der Waals surface area contributed by atoms with Crippen LogP contribution in [0, 0.1) is 17.8 Å². The molecule has 4 N–H and O–H groups in total. The number of aliphatic hydroxyl groups is 1. The van der Waals surface area contributed by atoms with Crippen LogP contribution in [0.5, 0.6) is 0 Å². The van der Waals surface area contributed by atoms with Crippen molar-refractivity contribution in [2.75, 3.05) is 73.5 Å². The van der Waals surface area contributed by atoms with Gasteiger partial charge >= 0.3 is 91.2 Å². The Labute approximate surface area is 535 Å². The van der Waals surface area contributed by atoms with E-state index in [2.05, 4.69) is 15.0 Å². The summed E-state index contributed by atoms with van der Waals surface area (Å²) in [5.41, 5.74) is -3.92. The van der Waals surface area contributed by atoms with Gasteiger partial charge in [-0.3, -0.25) is 56.7 Å². The monoisotopic (exact) mass is 1300 g/mol. The standard InChI is InChI=1S/C16H25N2O7P.C11H16N2O5.C11H14N2O5.C9H22O6P2.C4H9O.K/c1-5-23-26(21,24-6-2)10-8-12-11(3)14(22-4)15(25-12)18-9-7-13(19)17-16(18)20;2*1-6-7(5-14)18-10(9(6)17-2)13-4-3-8(15)12-11(13)16;1-5-12-16(10,13-6-2)9-17(11,14-7-3)15-8-4;1-4(2,3)5;/h7-12,14-15H,5-6H2,1-4H3,(H,17,19,20);3-4,6-7,9-10,14H,5H2,1-2H3,(H,12,15,16);3-7,9-10H,1-2H3,(H,12,15,16);5-9H2,1-4H3;1-3H3;/q;;;;-1;+1/b10-8+;;;;;/t11-,12+,14?,15+;2*6-,7+,9?,10+;;;/m000.../s1. The zero-order valence-corrected chi connectivity index (χ0v) is 57.1. The van der Waals surface area contributed by atoms with Crippen LogP contribution in [-0.4, -0.2) is 156 Å². The maximum absolute atomic E-state index is 12.6. The molecule has 3 aromatic heterocycles. The zero-order chi connectivity index (χ0) is 63.8. The maximum Gasteiger partial charge on any atom is 1.00 e. The van der Waals surface area contributed by atoms with Crippen LogP contribution in [-0.2, 0) is 74.1 Å². The average Bonchev–Trinajstić information content (AvgIpc) is 3.24. The van der Waals surface area contributed by atoms with E-state index in [1.807, 2.05) is 20.8 Å². The second kappa shape index (κ2) is 38.7. The summed E-state index contributed by atoms with van der Waals surface area (Å²) in [7, 11) is -5.65. The van der Waals surface area contributed by atoms with Gasteiger partial charge in [0.05, 0.1) is 58.5 Å². The first-order chi connectivity index (χ1) is 39.5. The van der Waals surface area contributed by atoms with E-state index in [0.717, 1.165) is 0 Å². The molecule has 34 heteroatoms. The van der Waals surface area contributed by atoms with Crippen molar-refractivity contribution in [1.29, 1.82) is 0 Å². The molecule has 0 spiro atoms. The number of aromatic nitrogens is 6. The van der Waals surface area contributed by atoms with Gasteiger partial charge in [0.15, 0.2) is 24.6 Å². The molecule has 6 heterocycles. The molecule has 0 amide bonds. The van der Waals surface area contributed by atoms with Gasteiger partial charge < -0.3 is 70.6 Å². The summed E-state index contributed by atoms with van der Waals surface area (Å²) >= 11 is 0. The number of hydrogen-bond donors (Lipinski definition) is 4. The zero-order valence-electron chi connectivity index (χ0n) is 51.3. The van der Waals surface area contributed by atoms with Crippen LogP contribution in [0.4, 0.5) is 0 Å². The van der Waals surface area contributed by atoms with Gasteiger partial charge in [-0.1, -0.05) is 41.5 Å². The molecule has 0 bridgehead atoms.